The van der Waals surface area contributed by atoms with Gasteiger partial charge in [-0.2, -0.15) is 0 Å². The molecule has 1 fully saturated rings. The van der Waals surface area contributed by atoms with Crippen molar-refractivity contribution in [2.45, 2.75) is 44.6 Å². The molecule has 2 atom stereocenters. The van der Waals surface area contributed by atoms with Crippen LogP contribution in [0.2, 0.25) is 0 Å². The van der Waals surface area contributed by atoms with E-state index >= 15 is 0 Å². The van der Waals surface area contributed by atoms with Gasteiger partial charge in [0.05, 0.1) is 11.3 Å². The largest absolute Gasteiger partial charge is 0.478 e. The summed E-state index contributed by atoms with van der Waals surface area (Å²) in [5, 5.41) is 9.62. The van der Waals surface area contributed by atoms with Gasteiger partial charge in [-0.3, -0.25) is 0 Å². The van der Waals surface area contributed by atoms with Crippen LogP contribution in [0, 0.1) is 5.92 Å². The Morgan fingerprint density at radius 1 is 1.40 bits per heavy atom. The Bertz CT molecular complexity index is 489. The summed E-state index contributed by atoms with van der Waals surface area (Å²) in [6, 6.07) is 6.26. The number of carboxylic acid groups (broad SMARTS) is 1. The average Bonchev–Trinajstić information content (AvgIpc) is 2.41. The summed E-state index contributed by atoms with van der Waals surface area (Å²) in [6.07, 6.45) is 2.36. The van der Waals surface area contributed by atoms with E-state index in [1.807, 2.05) is 18.2 Å². The van der Waals surface area contributed by atoms with Gasteiger partial charge in [-0.15, -0.1) is 11.8 Å². The van der Waals surface area contributed by atoms with Crippen LogP contribution in [-0.4, -0.2) is 29.4 Å². The summed E-state index contributed by atoms with van der Waals surface area (Å²) in [5.74, 6) is 0.688. The molecule has 1 aromatic rings. The standard InChI is InChI=1S/C16H23NO2S/c1-4-20-14-7-5-6-13(15(14)16(18)19)17-10-11(2)8-9-12(17)3/h5-7,11-12H,4,8-10H2,1-3H3,(H,18,19). The predicted molar refractivity (Wildman–Crippen MR) is 85.0 cm³/mol. The normalized spacial score (nSPS) is 22.9. The van der Waals surface area contributed by atoms with Crippen LogP contribution in [0.4, 0.5) is 5.69 Å². The molecule has 3 nitrogen and oxygen atoms in total. The van der Waals surface area contributed by atoms with Crippen LogP contribution in [0.1, 0.15) is 44.0 Å². The number of rotatable bonds is 4. The van der Waals surface area contributed by atoms with Gasteiger partial charge in [0, 0.05) is 17.5 Å². The molecule has 0 spiro atoms. The monoisotopic (exact) mass is 293 g/mol. The van der Waals surface area contributed by atoms with E-state index in [-0.39, 0.29) is 0 Å². The summed E-state index contributed by atoms with van der Waals surface area (Å²) < 4.78 is 0. The van der Waals surface area contributed by atoms with Crippen LogP contribution in [0.3, 0.4) is 0 Å². The Morgan fingerprint density at radius 3 is 2.80 bits per heavy atom. The Balaban J connectivity index is 2.44. The number of aromatic carboxylic acids is 1. The number of hydrogen-bond donors (Lipinski definition) is 1. The fourth-order valence-electron chi connectivity index (χ4n) is 2.87. The average molecular weight is 293 g/mol. The van der Waals surface area contributed by atoms with E-state index < -0.39 is 5.97 Å². The third kappa shape index (κ3) is 3.11. The number of hydrogen-bond acceptors (Lipinski definition) is 3. The van der Waals surface area contributed by atoms with Crippen molar-refractivity contribution in [2.24, 2.45) is 5.92 Å². The first kappa shape index (κ1) is 15.2. The maximum absolute atomic E-state index is 11.7. The molecule has 0 radical (unpaired) electrons. The molecule has 4 heteroatoms. The zero-order valence-corrected chi connectivity index (χ0v) is 13.2. The van der Waals surface area contributed by atoms with Gasteiger partial charge in [0.15, 0.2) is 0 Å². The van der Waals surface area contributed by atoms with Crippen LogP contribution in [0.25, 0.3) is 0 Å². The van der Waals surface area contributed by atoms with E-state index in [1.54, 1.807) is 11.8 Å². The lowest BCUT2D eigenvalue weighted by Gasteiger charge is -2.39. The molecule has 2 unspecified atom stereocenters. The molecule has 1 aromatic carbocycles. The third-order valence-electron chi connectivity index (χ3n) is 3.95. The number of benzene rings is 1. The Morgan fingerprint density at radius 2 is 2.15 bits per heavy atom. The quantitative estimate of drug-likeness (QED) is 0.848. The van der Waals surface area contributed by atoms with E-state index in [0.29, 0.717) is 17.5 Å². The summed E-state index contributed by atoms with van der Waals surface area (Å²) in [7, 11) is 0. The number of nitrogens with zero attached hydrogens (tertiary/aromatic N) is 1. The highest BCUT2D eigenvalue weighted by molar-refractivity contribution is 7.99. The molecule has 1 aliphatic rings. The van der Waals surface area contributed by atoms with E-state index in [1.165, 1.54) is 6.42 Å². The Labute approximate surface area is 125 Å². The molecule has 1 N–H and O–H groups in total. The minimum absolute atomic E-state index is 0.408. The molecule has 0 amide bonds. The SMILES string of the molecule is CCSc1cccc(N2CC(C)CCC2C)c1C(=O)O. The van der Waals surface area contributed by atoms with Gasteiger partial charge < -0.3 is 10.0 Å². The Kier molecular flexibility index (Phi) is 4.97. The fourth-order valence-corrected chi connectivity index (χ4v) is 3.70. The lowest BCUT2D eigenvalue weighted by atomic mass is 9.93. The molecule has 110 valence electrons. The van der Waals surface area contributed by atoms with Gasteiger partial charge >= 0.3 is 5.97 Å². The predicted octanol–water partition coefficient (Wildman–Crippen LogP) is 4.12. The summed E-state index contributed by atoms with van der Waals surface area (Å²) >= 11 is 1.60. The zero-order valence-electron chi connectivity index (χ0n) is 12.4. The topological polar surface area (TPSA) is 40.5 Å². The molecule has 1 aliphatic heterocycles. The van der Waals surface area contributed by atoms with Crippen molar-refractivity contribution in [3.05, 3.63) is 23.8 Å². The highest BCUT2D eigenvalue weighted by atomic mass is 32.2. The van der Waals surface area contributed by atoms with Crippen molar-refractivity contribution in [2.75, 3.05) is 17.2 Å². The van der Waals surface area contributed by atoms with Crippen LogP contribution in [0.15, 0.2) is 23.1 Å². The van der Waals surface area contributed by atoms with Crippen molar-refractivity contribution in [1.82, 2.24) is 0 Å². The van der Waals surface area contributed by atoms with Crippen molar-refractivity contribution in [3.63, 3.8) is 0 Å². The molecular weight excluding hydrogens is 270 g/mol. The van der Waals surface area contributed by atoms with Crippen LogP contribution >= 0.6 is 11.8 Å². The van der Waals surface area contributed by atoms with Crippen LogP contribution < -0.4 is 4.90 Å². The van der Waals surface area contributed by atoms with E-state index in [0.717, 1.165) is 29.3 Å². The minimum atomic E-state index is -0.818. The van der Waals surface area contributed by atoms with Crippen LogP contribution in [0.5, 0.6) is 0 Å². The minimum Gasteiger partial charge on any atom is -0.478 e. The highest BCUT2D eigenvalue weighted by Crippen LogP contribution is 2.35. The zero-order chi connectivity index (χ0) is 14.7. The molecule has 1 saturated heterocycles. The van der Waals surface area contributed by atoms with Gasteiger partial charge in [-0.1, -0.05) is 19.9 Å². The Hall–Kier alpha value is -1.16. The summed E-state index contributed by atoms with van der Waals surface area (Å²) in [6.45, 7) is 7.43. The number of piperidine rings is 1. The van der Waals surface area contributed by atoms with E-state index in [9.17, 15) is 9.90 Å². The fraction of sp³-hybridized carbons (Fsp3) is 0.562. The van der Waals surface area contributed by atoms with Crippen molar-refractivity contribution in [3.8, 4) is 0 Å². The van der Waals surface area contributed by atoms with Gasteiger partial charge in [0.2, 0.25) is 0 Å². The highest BCUT2D eigenvalue weighted by Gasteiger charge is 2.27. The lowest BCUT2D eigenvalue weighted by Crippen LogP contribution is -2.41. The summed E-state index contributed by atoms with van der Waals surface area (Å²) in [5.41, 5.74) is 1.36. The molecule has 0 aromatic heterocycles. The second-order valence-corrected chi connectivity index (χ2v) is 6.88. The van der Waals surface area contributed by atoms with Gasteiger partial charge in [0.25, 0.3) is 0 Å². The van der Waals surface area contributed by atoms with Gasteiger partial charge in [-0.25, -0.2) is 4.79 Å². The molecule has 0 bridgehead atoms. The number of thioether (sulfide) groups is 1. The molecule has 1 heterocycles. The lowest BCUT2D eigenvalue weighted by molar-refractivity contribution is 0.0693. The number of anilines is 1. The number of carboxylic acids is 1. The maximum Gasteiger partial charge on any atom is 0.338 e. The second-order valence-electron chi connectivity index (χ2n) is 5.57. The number of carbonyl (C=O) groups is 1. The molecule has 0 aliphatic carbocycles. The molecule has 20 heavy (non-hydrogen) atoms. The van der Waals surface area contributed by atoms with Crippen molar-refractivity contribution in [1.29, 1.82) is 0 Å². The first-order valence-corrected chi connectivity index (χ1v) is 8.28. The van der Waals surface area contributed by atoms with E-state index in [2.05, 4.69) is 25.7 Å². The van der Waals surface area contributed by atoms with Crippen LogP contribution in [-0.2, 0) is 0 Å². The van der Waals surface area contributed by atoms with Gasteiger partial charge in [-0.05, 0) is 43.6 Å². The molecule has 0 saturated carbocycles. The molecule has 2 rings (SSSR count). The van der Waals surface area contributed by atoms with Crippen molar-refractivity contribution < 1.29 is 9.90 Å². The summed E-state index contributed by atoms with van der Waals surface area (Å²) in [4.78, 5) is 14.9. The van der Waals surface area contributed by atoms with Gasteiger partial charge in [0.1, 0.15) is 0 Å². The van der Waals surface area contributed by atoms with E-state index in [4.69, 9.17) is 0 Å². The second kappa shape index (κ2) is 6.53. The first-order valence-electron chi connectivity index (χ1n) is 7.30. The maximum atomic E-state index is 11.7. The third-order valence-corrected chi connectivity index (χ3v) is 4.88. The smallest absolute Gasteiger partial charge is 0.338 e. The molecular formula is C16H23NO2S. The van der Waals surface area contributed by atoms with Crippen molar-refractivity contribution >= 4 is 23.4 Å². The first-order chi connectivity index (χ1) is 9.54.